The minimum absolute atomic E-state index is 0.270. The van der Waals surface area contributed by atoms with Crippen LogP contribution in [0.25, 0.3) is 0 Å². The standard InChI is InChI=1S/C7H7NO2/c8-6-2-1-5-3-7(6)10-4-9-5/h1-3H,4,8H2. The van der Waals surface area contributed by atoms with Gasteiger partial charge in [0.05, 0.1) is 5.69 Å². The third-order valence-corrected chi connectivity index (χ3v) is 1.43. The molecule has 0 aromatic heterocycles. The predicted octanol–water partition coefficient (Wildman–Crippen LogP) is 0.998. The molecule has 1 aliphatic heterocycles. The summed E-state index contributed by atoms with van der Waals surface area (Å²) < 4.78 is 10.1. The van der Waals surface area contributed by atoms with Gasteiger partial charge >= 0.3 is 0 Å². The molecule has 10 heavy (non-hydrogen) atoms. The first kappa shape index (κ1) is 5.41. The number of ether oxygens (including phenoxy) is 2. The molecule has 3 heteroatoms. The monoisotopic (exact) mass is 137 g/mol. The van der Waals surface area contributed by atoms with Gasteiger partial charge in [-0.25, -0.2) is 0 Å². The van der Waals surface area contributed by atoms with Crippen molar-refractivity contribution in [1.29, 1.82) is 0 Å². The number of anilines is 1. The lowest BCUT2D eigenvalue weighted by Crippen LogP contribution is -2.11. The summed E-state index contributed by atoms with van der Waals surface area (Å²) in [6.07, 6.45) is 0. The number of nitrogen functional groups attached to an aromatic ring is 1. The highest BCUT2D eigenvalue weighted by Gasteiger charge is 2.07. The molecule has 0 saturated heterocycles. The van der Waals surface area contributed by atoms with Crippen molar-refractivity contribution in [2.45, 2.75) is 0 Å². The maximum Gasteiger partial charge on any atom is 0.231 e. The van der Waals surface area contributed by atoms with E-state index in [4.69, 9.17) is 15.2 Å². The van der Waals surface area contributed by atoms with Crippen LogP contribution in [0, 0.1) is 0 Å². The molecule has 0 atom stereocenters. The van der Waals surface area contributed by atoms with Crippen molar-refractivity contribution in [3.8, 4) is 11.5 Å². The fourth-order valence-electron chi connectivity index (χ4n) is 0.890. The molecule has 1 aromatic carbocycles. The quantitative estimate of drug-likeness (QED) is 0.542. The van der Waals surface area contributed by atoms with Crippen molar-refractivity contribution in [2.75, 3.05) is 12.5 Å². The lowest BCUT2D eigenvalue weighted by Gasteiger charge is -2.16. The zero-order valence-electron chi connectivity index (χ0n) is 5.33. The van der Waals surface area contributed by atoms with Crippen LogP contribution in [0.1, 0.15) is 0 Å². The Bertz CT molecular complexity index is 260. The molecule has 0 saturated carbocycles. The molecule has 3 nitrogen and oxygen atoms in total. The number of fused-ring (bicyclic) bond motifs is 2. The first-order valence-electron chi connectivity index (χ1n) is 3.01. The van der Waals surface area contributed by atoms with Crippen LogP contribution in [0.4, 0.5) is 5.69 Å². The van der Waals surface area contributed by atoms with Crippen molar-refractivity contribution in [2.24, 2.45) is 0 Å². The second-order valence-electron chi connectivity index (χ2n) is 2.11. The Morgan fingerprint density at radius 1 is 1.30 bits per heavy atom. The Morgan fingerprint density at radius 2 is 2.20 bits per heavy atom. The van der Waals surface area contributed by atoms with E-state index in [9.17, 15) is 0 Å². The van der Waals surface area contributed by atoms with Gasteiger partial charge in [-0.2, -0.15) is 0 Å². The molecule has 1 aliphatic rings. The van der Waals surface area contributed by atoms with Gasteiger partial charge in [-0.1, -0.05) is 0 Å². The van der Waals surface area contributed by atoms with Gasteiger partial charge in [0, 0.05) is 6.07 Å². The number of hydrogen-bond donors (Lipinski definition) is 1. The SMILES string of the molecule is Nc1ccc2cc1OCO2. The van der Waals surface area contributed by atoms with E-state index in [2.05, 4.69) is 0 Å². The first-order chi connectivity index (χ1) is 4.86. The Balaban J connectivity index is 2.56. The zero-order valence-corrected chi connectivity index (χ0v) is 5.33. The zero-order chi connectivity index (χ0) is 6.97. The summed E-state index contributed by atoms with van der Waals surface area (Å²) in [7, 11) is 0. The summed E-state index contributed by atoms with van der Waals surface area (Å²) in [4.78, 5) is 0. The minimum Gasteiger partial charge on any atom is -0.457 e. The van der Waals surface area contributed by atoms with E-state index in [1.165, 1.54) is 0 Å². The number of nitrogens with two attached hydrogens (primary N) is 1. The van der Waals surface area contributed by atoms with Crippen LogP contribution < -0.4 is 15.2 Å². The molecular weight excluding hydrogens is 130 g/mol. The Hall–Kier alpha value is -1.38. The van der Waals surface area contributed by atoms with Crippen molar-refractivity contribution in [3.05, 3.63) is 18.2 Å². The Labute approximate surface area is 58.4 Å². The number of benzene rings is 1. The van der Waals surface area contributed by atoms with E-state index in [1.807, 2.05) is 6.07 Å². The predicted molar refractivity (Wildman–Crippen MR) is 37.0 cm³/mol. The first-order valence-corrected chi connectivity index (χ1v) is 3.01. The van der Waals surface area contributed by atoms with Crippen LogP contribution in [-0.2, 0) is 0 Å². The molecule has 0 fully saturated rings. The largest absolute Gasteiger partial charge is 0.457 e. The summed E-state index contributed by atoms with van der Waals surface area (Å²) in [5, 5.41) is 0. The van der Waals surface area contributed by atoms with Crippen molar-refractivity contribution in [3.63, 3.8) is 0 Å². The molecule has 0 amide bonds. The maximum atomic E-state index is 5.55. The van der Waals surface area contributed by atoms with Crippen LogP contribution in [0.15, 0.2) is 18.2 Å². The van der Waals surface area contributed by atoms with Gasteiger partial charge in [-0.3, -0.25) is 0 Å². The normalized spacial score (nSPS) is 13.6. The topological polar surface area (TPSA) is 44.5 Å². The molecule has 0 radical (unpaired) electrons. The lowest BCUT2D eigenvalue weighted by molar-refractivity contribution is 0.106. The third kappa shape index (κ3) is 0.673. The smallest absolute Gasteiger partial charge is 0.231 e. The molecule has 0 spiro atoms. The van der Waals surface area contributed by atoms with E-state index in [0.717, 1.165) is 5.75 Å². The van der Waals surface area contributed by atoms with Gasteiger partial charge in [0.15, 0.2) is 0 Å². The van der Waals surface area contributed by atoms with Crippen LogP contribution in [0.2, 0.25) is 0 Å². The number of rotatable bonds is 0. The third-order valence-electron chi connectivity index (χ3n) is 1.43. The van der Waals surface area contributed by atoms with Crippen LogP contribution in [0.3, 0.4) is 0 Å². The summed E-state index contributed by atoms with van der Waals surface area (Å²) in [6, 6.07) is 5.37. The Kier molecular flexibility index (Phi) is 0.974. The van der Waals surface area contributed by atoms with Crippen molar-refractivity contribution >= 4 is 5.69 Å². The van der Waals surface area contributed by atoms with E-state index in [-0.39, 0.29) is 6.79 Å². The average molecular weight is 137 g/mol. The van der Waals surface area contributed by atoms with Crippen LogP contribution in [-0.4, -0.2) is 6.79 Å². The average Bonchev–Trinajstić information content (AvgIpc) is 1.99. The molecule has 2 rings (SSSR count). The molecule has 0 unspecified atom stereocenters. The van der Waals surface area contributed by atoms with E-state index in [0.29, 0.717) is 11.4 Å². The summed E-state index contributed by atoms with van der Waals surface area (Å²) in [5.41, 5.74) is 6.21. The van der Waals surface area contributed by atoms with E-state index >= 15 is 0 Å². The highest BCUT2D eigenvalue weighted by Crippen LogP contribution is 2.29. The molecule has 2 N–H and O–H groups in total. The molecular formula is C7H7NO2. The second-order valence-corrected chi connectivity index (χ2v) is 2.11. The Morgan fingerprint density at radius 3 is 3.00 bits per heavy atom. The molecule has 2 bridgehead atoms. The highest BCUT2D eigenvalue weighted by molar-refractivity contribution is 5.56. The lowest BCUT2D eigenvalue weighted by atomic mass is 10.3. The molecule has 1 aromatic rings. The molecule has 52 valence electrons. The molecule has 1 heterocycles. The van der Waals surface area contributed by atoms with Crippen molar-refractivity contribution < 1.29 is 9.47 Å². The van der Waals surface area contributed by atoms with Gasteiger partial charge in [0.25, 0.3) is 0 Å². The van der Waals surface area contributed by atoms with E-state index in [1.54, 1.807) is 12.1 Å². The fraction of sp³-hybridized carbons (Fsp3) is 0.143. The van der Waals surface area contributed by atoms with Crippen LogP contribution >= 0.6 is 0 Å². The maximum absolute atomic E-state index is 5.55. The number of hydrogen-bond acceptors (Lipinski definition) is 3. The van der Waals surface area contributed by atoms with Crippen LogP contribution in [0.5, 0.6) is 11.5 Å². The van der Waals surface area contributed by atoms with Gasteiger partial charge in [0.2, 0.25) is 6.79 Å². The minimum atomic E-state index is 0.270. The summed E-state index contributed by atoms with van der Waals surface area (Å²) in [6.45, 7) is 0.270. The van der Waals surface area contributed by atoms with Gasteiger partial charge < -0.3 is 15.2 Å². The highest BCUT2D eigenvalue weighted by atomic mass is 16.7. The fourth-order valence-corrected chi connectivity index (χ4v) is 0.890. The second kappa shape index (κ2) is 1.80. The van der Waals surface area contributed by atoms with E-state index < -0.39 is 0 Å². The summed E-state index contributed by atoms with van der Waals surface area (Å²) in [5.74, 6) is 1.53. The summed E-state index contributed by atoms with van der Waals surface area (Å²) >= 11 is 0. The molecule has 0 aliphatic carbocycles. The van der Waals surface area contributed by atoms with Gasteiger partial charge in [0.1, 0.15) is 11.5 Å². The van der Waals surface area contributed by atoms with Gasteiger partial charge in [-0.05, 0) is 12.1 Å². The van der Waals surface area contributed by atoms with Crippen molar-refractivity contribution in [1.82, 2.24) is 0 Å². The van der Waals surface area contributed by atoms with Gasteiger partial charge in [-0.15, -0.1) is 0 Å².